The van der Waals surface area contributed by atoms with Gasteiger partial charge in [0.1, 0.15) is 17.6 Å². The van der Waals surface area contributed by atoms with Crippen molar-refractivity contribution in [1.29, 1.82) is 0 Å². The highest BCUT2D eigenvalue weighted by Crippen LogP contribution is 2.33. The second-order valence-electron chi connectivity index (χ2n) is 7.23. The van der Waals surface area contributed by atoms with Gasteiger partial charge in [-0.2, -0.15) is 17.9 Å². The van der Waals surface area contributed by atoms with E-state index in [2.05, 4.69) is 0 Å². The van der Waals surface area contributed by atoms with E-state index >= 15 is 0 Å². The van der Waals surface area contributed by atoms with Gasteiger partial charge in [-0.3, -0.25) is 0 Å². The summed E-state index contributed by atoms with van der Waals surface area (Å²) in [6.45, 7) is 0.764. The Morgan fingerprint density at radius 1 is 1.00 bits per heavy atom. The van der Waals surface area contributed by atoms with Gasteiger partial charge in [-0.25, -0.2) is 12.8 Å². The fraction of sp³-hybridized carbons (Fsp3) is 0.429. The summed E-state index contributed by atoms with van der Waals surface area (Å²) in [7, 11) is -2.48. The van der Waals surface area contributed by atoms with Gasteiger partial charge in [0, 0.05) is 13.0 Å². The van der Waals surface area contributed by atoms with Crippen molar-refractivity contribution < 1.29 is 35.5 Å². The van der Waals surface area contributed by atoms with Crippen LogP contribution in [0.15, 0.2) is 48.5 Å². The molecule has 5 nitrogen and oxygen atoms in total. The van der Waals surface area contributed by atoms with Crippen molar-refractivity contribution in [3.63, 3.8) is 0 Å². The van der Waals surface area contributed by atoms with Gasteiger partial charge in [0.05, 0.1) is 19.5 Å². The van der Waals surface area contributed by atoms with Crippen molar-refractivity contribution in [3.05, 3.63) is 65.5 Å². The van der Waals surface area contributed by atoms with Crippen LogP contribution < -0.4 is 9.46 Å². The number of nitrogens with one attached hydrogen (secondary N) is 1. The molecule has 172 valence electrons. The average Bonchev–Trinajstić information content (AvgIpc) is 2.68. The quantitative estimate of drug-likeness (QED) is 0.506. The monoisotopic (exact) mass is 463 g/mol. The minimum absolute atomic E-state index is 0.0181. The van der Waals surface area contributed by atoms with Crippen LogP contribution >= 0.6 is 0 Å². The van der Waals surface area contributed by atoms with Gasteiger partial charge in [-0.05, 0) is 48.2 Å². The number of hydrogen-bond acceptors (Lipinski definition) is 4. The second kappa shape index (κ2) is 10.9. The van der Waals surface area contributed by atoms with Crippen LogP contribution in [0.1, 0.15) is 23.6 Å². The van der Waals surface area contributed by atoms with Crippen molar-refractivity contribution in [2.45, 2.75) is 25.1 Å². The van der Waals surface area contributed by atoms with Gasteiger partial charge in [0.15, 0.2) is 0 Å². The van der Waals surface area contributed by atoms with Crippen molar-refractivity contribution >= 4 is 10.0 Å². The molecule has 10 heteroatoms. The Kier molecular flexibility index (Phi) is 8.84. The Morgan fingerprint density at radius 3 is 2.13 bits per heavy atom. The van der Waals surface area contributed by atoms with E-state index in [9.17, 15) is 26.0 Å². The summed E-state index contributed by atoms with van der Waals surface area (Å²) in [4.78, 5) is 0. The van der Waals surface area contributed by atoms with Crippen LogP contribution in [0, 0.1) is 11.7 Å². The first-order valence-electron chi connectivity index (χ1n) is 9.48. The van der Waals surface area contributed by atoms with Gasteiger partial charge < -0.3 is 9.47 Å². The molecule has 0 aliphatic carbocycles. The smallest absolute Gasteiger partial charge is 0.408 e. The lowest BCUT2D eigenvalue weighted by atomic mass is 9.98. The first-order chi connectivity index (χ1) is 14.5. The van der Waals surface area contributed by atoms with Gasteiger partial charge in [0.2, 0.25) is 10.0 Å². The van der Waals surface area contributed by atoms with Crippen LogP contribution in [0.2, 0.25) is 0 Å². The van der Waals surface area contributed by atoms with Crippen LogP contribution in [-0.2, 0) is 21.2 Å². The highest BCUT2D eigenvalue weighted by Gasteiger charge is 2.42. The topological polar surface area (TPSA) is 64.6 Å². The maximum Gasteiger partial charge on any atom is 0.408 e. The molecule has 0 bridgehead atoms. The van der Waals surface area contributed by atoms with E-state index in [0.717, 1.165) is 5.56 Å². The van der Waals surface area contributed by atoms with E-state index < -0.39 is 22.2 Å². The summed E-state index contributed by atoms with van der Waals surface area (Å²) in [6, 6.07) is 8.98. The molecule has 2 atom stereocenters. The second-order valence-corrected chi connectivity index (χ2v) is 9.01. The fourth-order valence-corrected chi connectivity index (χ4v) is 3.68. The Bertz CT molecular complexity index is 916. The zero-order valence-electron chi connectivity index (χ0n) is 17.2. The highest BCUT2D eigenvalue weighted by atomic mass is 32.2. The van der Waals surface area contributed by atoms with Crippen molar-refractivity contribution in [3.8, 4) is 5.75 Å². The standard InChI is InChI=1S/C21H25F4NO4S/c1-29-13-16(14-30-19-11-9-18(22)10-12-19)4-3-15-5-7-17(8-6-15)20(21(23,24)25)26-31(2,27)28/h5-12,16,20,26H,3-4,13-14H2,1-2H3/t16?,20-/m0/s1. The minimum atomic E-state index is -4.76. The van der Waals surface area contributed by atoms with E-state index in [4.69, 9.17) is 9.47 Å². The molecule has 2 rings (SSSR count). The lowest BCUT2D eigenvalue weighted by molar-refractivity contribution is -0.153. The third kappa shape index (κ3) is 8.84. The van der Waals surface area contributed by atoms with E-state index in [1.807, 2.05) is 0 Å². The van der Waals surface area contributed by atoms with Crippen LogP contribution in [-0.4, -0.2) is 41.2 Å². The maximum atomic E-state index is 13.2. The molecule has 0 saturated carbocycles. The van der Waals surface area contributed by atoms with Crippen molar-refractivity contribution in [2.24, 2.45) is 5.92 Å². The molecule has 0 saturated heterocycles. The van der Waals surface area contributed by atoms with Crippen LogP contribution in [0.4, 0.5) is 17.6 Å². The Hall–Kier alpha value is -2.17. The highest BCUT2D eigenvalue weighted by molar-refractivity contribution is 7.88. The number of benzene rings is 2. The summed E-state index contributed by atoms with van der Waals surface area (Å²) < 4.78 is 87.8. The number of ether oxygens (including phenoxy) is 2. The molecule has 2 aromatic carbocycles. The van der Waals surface area contributed by atoms with Gasteiger partial charge >= 0.3 is 6.18 Å². The molecule has 1 unspecified atom stereocenters. The maximum absolute atomic E-state index is 13.2. The summed E-state index contributed by atoms with van der Waals surface area (Å²) in [6.07, 6.45) is -2.86. The predicted molar refractivity (Wildman–Crippen MR) is 109 cm³/mol. The van der Waals surface area contributed by atoms with Gasteiger partial charge in [0.25, 0.3) is 0 Å². The first-order valence-corrected chi connectivity index (χ1v) is 11.4. The first kappa shape index (κ1) is 25.1. The molecular formula is C21H25F4NO4S. The number of rotatable bonds is 11. The molecule has 0 aliphatic heterocycles. The SMILES string of the molecule is COCC(CCc1ccc([C@H](NS(C)(=O)=O)C(F)(F)F)cc1)COc1ccc(F)cc1. The largest absolute Gasteiger partial charge is 0.493 e. The summed E-state index contributed by atoms with van der Waals surface area (Å²) >= 11 is 0. The van der Waals surface area contributed by atoms with Crippen molar-refractivity contribution in [1.82, 2.24) is 4.72 Å². The van der Waals surface area contributed by atoms with Crippen LogP contribution in [0.25, 0.3) is 0 Å². The number of aryl methyl sites for hydroxylation is 1. The molecule has 2 aromatic rings. The summed E-state index contributed by atoms with van der Waals surface area (Å²) in [5.41, 5.74) is 0.613. The minimum Gasteiger partial charge on any atom is -0.493 e. The average molecular weight is 463 g/mol. The van der Waals surface area contributed by atoms with E-state index in [1.165, 1.54) is 36.4 Å². The molecule has 31 heavy (non-hydrogen) atoms. The van der Waals surface area contributed by atoms with Crippen molar-refractivity contribution in [2.75, 3.05) is 26.6 Å². The fourth-order valence-electron chi connectivity index (χ4n) is 2.98. The third-order valence-corrected chi connectivity index (χ3v) is 5.18. The molecule has 0 radical (unpaired) electrons. The molecule has 0 aliphatic rings. The zero-order valence-corrected chi connectivity index (χ0v) is 18.0. The molecule has 1 N–H and O–H groups in total. The summed E-state index contributed by atoms with van der Waals surface area (Å²) in [5.74, 6) is 0.191. The Labute approximate surface area is 179 Å². The number of halogens is 4. The Balaban J connectivity index is 1.98. The van der Waals surface area contributed by atoms with Crippen LogP contribution in [0.3, 0.4) is 0 Å². The number of methoxy groups -OCH3 is 1. The number of alkyl halides is 3. The zero-order chi connectivity index (χ0) is 23.1. The molecular weight excluding hydrogens is 438 g/mol. The molecule has 0 aromatic heterocycles. The predicted octanol–water partition coefficient (Wildman–Crippen LogP) is 4.25. The lowest BCUT2D eigenvalue weighted by Gasteiger charge is -2.21. The normalized spacial score (nSPS) is 14.3. The van der Waals surface area contributed by atoms with E-state index in [-0.39, 0.29) is 17.3 Å². The number of sulfonamides is 1. The van der Waals surface area contributed by atoms with Gasteiger partial charge in [-0.15, -0.1) is 0 Å². The van der Waals surface area contributed by atoms with E-state index in [0.29, 0.717) is 38.1 Å². The molecule has 0 amide bonds. The lowest BCUT2D eigenvalue weighted by Crippen LogP contribution is -2.37. The molecule has 0 heterocycles. The Morgan fingerprint density at radius 2 is 1.61 bits per heavy atom. The van der Waals surface area contributed by atoms with E-state index in [1.54, 1.807) is 24.0 Å². The molecule has 0 spiro atoms. The number of hydrogen-bond donors (Lipinski definition) is 1. The van der Waals surface area contributed by atoms with Gasteiger partial charge in [-0.1, -0.05) is 24.3 Å². The molecule has 0 fully saturated rings. The third-order valence-electron chi connectivity index (χ3n) is 4.52. The van der Waals surface area contributed by atoms with Crippen LogP contribution in [0.5, 0.6) is 5.75 Å². The summed E-state index contributed by atoms with van der Waals surface area (Å²) in [5, 5.41) is 0.